The van der Waals surface area contributed by atoms with Crippen LogP contribution in [0, 0.1) is 29.6 Å². The molecule has 2 fully saturated rings. The molecule has 0 saturated carbocycles. The summed E-state index contributed by atoms with van der Waals surface area (Å²) < 4.78 is 5.96. The van der Waals surface area contributed by atoms with Gasteiger partial charge in [-0.25, -0.2) is 0 Å². The van der Waals surface area contributed by atoms with Crippen molar-refractivity contribution in [3.05, 3.63) is 71.8 Å². The molecule has 100 heavy (non-hydrogen) atoms. The average Bonchev–Trinajstić information content (AvgIpc) is 0.818. The molecule has 26 nitrogen and oxygen atoms in total. The minimum atomic E-state index is -1.66. The number of amides is 12. The Morgan fingerprint density at radius 1 is 0.480 bits per heavy atom. The van der Waals surface area contributed by atoms with Crippen molar-refractivity contribution in [1.29, 1.82) is 0 Å². The second kappa shape index (κ2) is 40.4. The SMILES string of the molecule is CCCOC[C@@H]1NC(=O)[C@H](CC(C)C)N(C)C(=O)CN(C)C(=O)[C@H]([C@@H](C)O)NC(=O)[C@H](CC(C)C)N(C)C(=O)[C@H](CC(C)C)NC(=O)[C@H](Cc2ccccc2)N(C)C(=O)[C@@H](C(C)C)NC(=O)C[C@@H](C(=O)N2CCCCC2)NC(=O)[C@H](CC(C)C)N(C)C(=O)[C@H](Cc2ccccc2)N(C)C1=O. The first-order chi connectivity index (χ1) is 47.0. The fraction of sp³-hybridized carbons (Fsp3) is 0.676. The zero-order valence-corrected chi connectivity index (χ0v) is 62.7. The molecule has 0 spiro atoms. The average molecular weight is 1400 g/mol. The molecular formula is C74H118N12O14. The molecule has 0 aliphatic carbocycles. The minimum absolute atomic E-state index is 0.0511. The van der Waals surface area contributed by atoms with Crippen molar-refractivity contribution in [3.8, 4) is 0 Å². The largest absolute Gasteiger partial charge is 0.391 e. The van der Waals surface area contributed by atoms with Crippen LogP contribution in [0.15, 0.2) is 60.7 Å². The van der Waals surface area contributed by atoms with Gasteiger partial charge in [-0.15, -0.1) is 0 Å². The first kappa shape index (κ1) is 84.4. The van der Waals surface area contributed by atoms with Crippen LogP contribution in [0.2, 0.25) is 0 Å². The van der Waals surface area contributed by atoms with Crippen LogP contribution in [0.3, 0.4) is 0 Å². The van der Waals surface area contributed by atoms with Crippen molar-refractivity contribution < 1.29 is 67.4 Å². The highest BCUT2D eigenvalue weighted by atomic mass is 16.5. The number of hydrogen-bond acceptors (Lipinski definition) is 14. The van der Waals surface area contributed by atoms with E-state index in [9.17, 15) is 33.9 Å². The van der Waals surface area contributed by atoms with Crippen LogP contribution in [0.1, 0.15) is 152 Å². The first-order valence-electron chi connectivity index (χ1n) is 35.7. The van der Waals surface area contributed by atoms with Gasteiger partial charge in [-0.2, -0.15) is 0 Å². The van der Waals surface area contributed by atoms with Gasteiger partial charge in [0.05, 0.1) is 25.7 Å². The smallest absolute Gasteiger partial charge is 0.248 e. The lowest BCUT2D eigenvalue weighted by Crippen LogP contribution is -2.62. The summed E-state index contributed by atoms with van der Waals surface area (Å²) in [5.41, 5.74) is 1.29. The predicted octanol–water partition coefficient (Wildman–Crippen LogP) is 3.55. The monoisotopic (exact) mass is 1400 g/mol. The molecule has 2 aromatic carbocycles. The predicted molar refractivity (Wildman–Crippen MR) is 381 cm³/mol. The van der Waals surface area contributed by atoms with E-state index in [0.29, 0.717) is 43.5 Å². The summed E-state index contributed by atoms with van der Waals surface area (Å²) in [4.78, 5) is 188. The van der Waals surface area contributed by atoms with Crippen molar-refractivity contribution in [2.45, 2.75) is 220 Å². The maximum absolute atomic E-state index is 15.5. The highest BCUT2D eigenvalue weighted by Crippen LogP contribution is 2.23. The van der Waals surface area contributed by atoms with E-state index in [1.54, 1.807) is 79.4 Å². The molecule has 558 valence electrons. The fourth-order valence-electron chi connectivity index (χ4n) is 12.6. The topological polar surface area (TPSA) is 317 Å². The number of nitrogens with one attached hydrogen (secondary N) is 5. The van der Waals surface area contributed by atoms with E-state index in [1.165, 1.54) is 68.8 Å². The number of benzene rings is 2. The number of nitrogens with zero attached hydrogens (tertiary/aromatic N) is 7. The van der Waals surface area contributed by atoms with E-state index >= 15 is 28.8 Å². The summed E-state index contributed by atoms with van der Waals surface area (Å²) >= 11 is 0. The van der Waals surface area contributed by atoms with Gasteiger partial charge < -0.3 is 70.7 Å². The number of hydrogen-bond donors (Lipinski definition) is 6. The third kappa shape index (κ3) is 25.0. The number of piperidine rings is 1. The van der Waals surface area contributed by atoms with Crippen LogP contribution in [-0.2, 0) is 75.1 Å². The van der Waals surface area contributed by atoms with E-state index < -0.39 is 156 Å². The van der Waals surface area contributed by atoms with Crippen LogP contribution < -0.4 is 26.6 Å². The lowest BCUT2D eigenvalue weighted by molar-refractivity contribution is -0.151. The molecule has 12 amide bonds. The number of aliphatic hydroxyl groups excluding tert-OH is 1. The van der Waals surface area contributed by atoms with Crippen molar-refractivity contribution >= 4 is 70.9 Å². The molecule has 2 aromatic rings. The van der Waals surface area contributed by atoms with Crippen molar-refractivity contribution in [2.24, 2.45) is 29.6 Å². The van der Waals surface area contributed by atoms with Crippen LogP contribution in [0.4, 0.5) is 0 Å². The molecule has 6 N–H and O–H groups in total. The molecule has 4 rings (SSSR count). The van der Waals surface area contributed by atoms with Gasteiger partial charge in [-0.05, 0) is 99.0 Å². The number of aliphatic hydroxyl groups is 1. The molecule has 0 bridgehead atoms. The Morgan fingerprint density at radius 2 is 0.910 bits per heavy atom. The molecule has 2 aliphatic heterocycles. The summed E-state index contributed by atoms with van der Waals surface area (Å²) in [5, 5.41) is 25.3. The van der Waals surface area contributed by atoms with Gasteiger partial charge >= 0.3 is 0 Å². The van der Waals surface area contributed by atoms with E-state index in [4.69, 9.17) is 4.74 Å². The van der Waals surface area contributed by atoms with Gasteiger partial charge in [0.25, 0.3) is 0 Å². The molecule has 26 heteroatoms. The third-order valence-electron chi connectivity index (χ3n) is 18.5. The highest BCUT2D eigenvalue weighted by Gasteiger charge is 2.44. The second-order valence-corrected chi connectivity index (χ2v) is 29.3. The molecule has 0 aromatic heterocycles. The van der Waals surface area contributed by atoms with Gasteiger partial charge in [-0.1, -0.05) is 137 Å². The summed E-state index contributed by atoms with van der Waals surface area (Å²) in [7, 11) is 8.33. The number of likely N-dealkylation sites (tertiary alicyclic amines) is 1. The number of carbonyl (C=O) groups is 12. The molecule has 11 atom stereocenters. The van der Waals surface area contributed by atoms with Gasteiger partial charge in [0, 0.05) is 74.8 Å². The van der Waals surface area contributed by atoms with Crippen molar-refractivity contribution in [3.63, 3.8) is 0 Å². The van der Waals surface area contributed by atoms with E-state index in [-0.39, 0.29) is 75.4 Å². The number of ether oxygens (including phenoxy) is 1. The van der Waals surface area contributed by atoms with Crippen LogP contribution >= 0.6 is 0 Å². The summed E-state index contributed by atoms with van der Waals surface area (Å²) in [5.74, 6) is -10.3. The third-order valence-corrected chi connectivity index (χ3v) is 18.5. The maximum atomic E-state index is 15.5. The van der Waals surface area contributed by atoms with E-state index in [2.05, 4.69) is 26.6 Å². The Morgan fingerprint density at radius 3 is 1.40 bits per heavy atom. The normalized spacial score (nSPS) is 25.0. The number of likely N-dealkylation sites (N-methyl/N-ethyl adjacent to an activating group) is 6. The van der Waals surface area contributed by atoms with Gasteiger partial charge in [0.15, 0.2) is 0 Å². The summed E-state index contributed by atoms with van der Waals surface area (Å²) in [6, 6.07) is 4.11. The molecule has 0 unspecified atom stereocenters. The molecule has 2 heterocycles. The quantitative estimate of drug-likeness (QED) is 0.110. The van der Waals surface area contributed by atoms with Crippen LogP contribution in [0.5, 0.6) is 0 Å². The first-order valence-corrected chi connectivity index (χ1v) is 35.7. The Hall–Kier alpha value is -8.00. The molecule has 0 radical (unpaired) electrons. The maximum Gasteiger partial charge on any atom is 0.248 e. The fourth-order valence-corrected chi connectivity index (χ4v) is 12.6. The van der Waals surface area contributed by atoms with Gasteiger partial charge in [-0.3, -0.25) is 57.5 Å². The summed E-state index contributed by atoms with van der Waals surface area (Å²) in [6.45, 7) is 21.1. The Labute approximate surface area is 593 Å². The molecular weight excluding hydrogens is 1280 g/mol. The van der Waals surface area contributed by atoms with E-state index in [1.807, 2.05) is 62.3 Å². The van der Waals surface area contributed by atoms with Crippen molar-refractivity contribution in [1.82, 2.24) is 60.9 Å². The lowest BCUT2D eigenvalue weighted by atomic mass is 9.96. The Balaban J connectivity index is 1.98. The Kier molecular flexibility index (Phi) is 34.1. The minimum Gasteiger partial charge on any atom is -0.391 e. The van der Waals surface area contributed by atoms with Crippen molar-refractivity contribution in [2.75, 3.05) is 75.1 Å². The van der Waals surface area contributed by atoms with E-state index in [0.717, 1.165) is 16.2 Å². The van der Waals surface area contributed by atoms with Gasteiger partial charge in [0.2, 0.25) is 70.9 Å². The van der Waals surface area contributed by atoms with Crippen LogP contribution in [0.25, 0.3) is 0 Å². The second-order valence-electron chi connectivity index (χ2n) is 29.3. The molecule has 2 saturated heterocycles. The number of rotatable bonds is 19. The Bertz CT molecular complexity index is 3050. The standard InChI is InChI=1S/C74H118N12O14/c1-19-35-100-44-55-70(95)85(18)60(41-52-31-25-21-26-32-52)72(97)83(16)57(38-47(6)7)66(91)76-54(71(96)86-33-27-22-28-34-86)42-61(88)78-63(49(10)11)74(99)84(17)59(40-51-29-23-20-24-30-51)67(92)75-53(36-45(2)3)69(94)82(15)58(39-48(8)9)68(93)79-64(50(12)87)73(98)80(13)43-62(89)81(14)56(37-46(4)5)65(90)77-55/h20-21,23-26,29-32,45-50,53-60,63-64,87H,19,22,27-28,33-44H2,1-18H3,(H,75,92)(H,76,91)(H,77,90)(H,78,88)(H,79,93)/t50-,53+,54+,55+,56+,57+,58+,59+,60+,63-,64+/m1/s1. The lowest BCUT2D eigenvalue weighted by Gasteiger charge is -2.37. The number of carbonyl (C=O) groups excluding carboxylic acids is 12. The highest BCUT2D eigenvalue weighted by molar-refractivity contribution is 6.00. The van der Waals surface area contributed by atoms with Gasteiger partial charge in [0.1, 0.15) is 60.4 Å². The zero-order chi connectivity index (χ0) is 75.0. The summed E-state index contributed by atoms with van der Waals surface area (Å²) in [6.07, 6.45) is 0.707. The van der Waals surface area contributed by atoms with Crippen LogP contribution in [-0.4, -0.2) is 252 Å². The molecule has 2 aliphatic rings. The zero-order valence-electron chi connectivity index (χ0n) is 62.7.